The molecular weight excluding hydrogens is 247 g/mol. The SMILES string of the molecule is Cc1ccc(F)c(O[C@H](C)c2nc(C3CC3)no2)c1. The van der Waals surface area contributed by atoms with Crippen LogP contribution in [-0.4, -0.2) is 10.1 Å². The molecule has 1 saturated carbocycles. The van der Waals surface area contributed by atoms with Gasteiger partial charge in [-0.1, -0.05) is 11.2 Å². The van der Waals surface area contributed by atoms with Crippen LogP contribution in [0.5, 0.6) is 5.75 Å². The predicted molar refractivity (Wildman–Crippen MR) is 66.5 cm³/mol. The zero-order valence-electron chi connectivity index (χ0n) is 10.9. The maximum Gasteiger partial charge on any atom is 0.267 e. The van der Waals surface area contributed by atoms with Gasteiger partial charge in [-0.15, -0.1) is 0 Å². The van der Waals surface area contributed by atoms with E-state index in [-0.39, 0.29) is 11.6 Å². The monoisotopic (exact) mass is 262 g/mol. The van der Waals surface area contributed by atoms with Gasteiger partial charge in [0.25, 0.3) is 5.89 Å². The molecule has 1 heterocycles. The van der Waals surface area contributed by atoms with Crippen LogP contribution in [0.3, 0.4) is 0 Å². The minimum Gasteiger partial charge on any atom is -0.478 e. The first-order valence-electron chi connectivity index (χ1n) is 6.40. The molecule has 3 rings (SSSR count). The summed E-state index contributed by atoms with van der Waals surface area (Å²) < 4.78 is 24.3. The van der Waals surface area contributed by atoms with Crippen molar-refractivity contribution in [3.8, 4) is 5.75 Å². The topological polar surface area (TPSA) is 48.2 Å². The van der Waals surface area contributed by atoms with Crippen LogP contribution in [0.25, 0.3) is 0 Å². The zero-order chi connectivity index (χ0) is 13.4. The Morgan fingerprint density at radius 2 is 2.21 bits per heavy atom. The van der Waals surface area contributed by atoms with Gasteiger partial charge < -0.3 is 9.26 Å². The molecule has 0 spiro atoms. The van der Waals surface area contributed by atoms with Crippen molar-refractivity contribution in [3.05, 3.63) is 41.3 Å². The Morgan fingerprint density at radius 3 is 2.95 bits per heavy atom. The van der Waals surface area contributed by atoms with E-state index in [1.54, 1.807) is 19.1 Å². The van der Waals surface area contributed by atoms with Crippen molar-refractivity contribution in [1.82, 2.24) is 10.1 Å². The summed E-state index contributed by atoms with van der Waals surface area (Å²) in [6.07, 6.45) is 1.76. The van der Waals surface area contributed by atoms with Crippen LogP contribution >= 0.6 is 0 Å². The van der Waals surface area contributed by atoms with E-state index >= 15 is 0 Å². The fourth-order valence-electron chi connectivity index (χ4n) is 1.86. The number of ether oxygens (including phenoxy) is 1. The van der Waals surface area contributed by atoms with E-state index in [9.17, 15) is 4.39 Å². The van der Waals surface area contributed by atoms with Gasteiger partial charge in [0.15, 0.2) is 23.5 Å². The van der Waals surface area contributed by atoms with Gasteiger partial charge in [0, 0.05) is 5.92 Å². The van der Waals surface area contributed by atoms with E-state index in [1.165, 1.54) is 6.07 Å². The van der Waals surface area contributed by atoms with E-state index in [0.29, 0.717) is 11.8 Å². The lowest BCUT2D eigenvalue weighted by Crippen LogP contribution is -2.05. The average Bonchev–Trinajstić information content (AvgIpc) is 3.11. The summed E-state index contributed by atoms with van der Waals surface area (Å²) in [4.78, 5) is 4.30. The lowest BCUT2D eigenvalue weighted by atomic mass is 10.2. The van der Waals surface area contributed by atoms with Crippen LogP contribution in [0, 0.1) is 12.7 Å². The number of hydrogen-bond acceptors (Lipinski definition) is 4. The highest BCUT2D eigenvalue weighted by Crippen LogP contribution is 2.38. The number of halogens is 1. The molecule has 1 aliphatic rings. The molecular formula is C14H15FN2O2. The van der Waals surface area contributed by atoms with Crippen molar-refractivity contribution in [2.75, 3.05) is 0 Å². The van der Waals surface area contributed by atoms with Gasteiger partial charge in [-0.25, -0.2) is 4.39 Å². The summed E-state index contributed by atoms with van der Waals surface area (Å²) in [5, 5.41) is 3.92. The number of benzene rings is 1. The van der Waals surface area contributed by atoms with Crippen molar-refractivity contribution in [1.29, 1.82) is 0 Å². The normalized spacial score (nSPS) is 16.4. The van der Waals surface area contributed by atoms with E-state index in [0.717, 1.165) is 24.2 Å². The Bertz CT molecular complexity index is 593. The van der Waals surface area contributed by atoms with Gasteiger partial charge in [0.05, 0.1) is 0 Å². The van der Waals surface area contributed by atoms with E-state index in [4.69, 9.17) is 9.26 Å². The molecule has 0 amide bonds. The molecule has 0 radical (unpaired) electrons. The van der Waals surface area contributed by atoms with Gasteiger partial charge in [-0.3, -0.25) is 0 Å². The maximum atomic E-state index is 13.6. The standard InChI is InChI=1S/C14H15FN2O2/c1-8-3-6-11(15)12(7-8)18-9(2)14-16-13(17-19-14)10-4-5-10/h3,6-7,9-10H,4-5H2,1-2H3/t9-/m1/s1. The van der Waals surface area contributed by atoms with Gasteiger partial charge in [0.2, 0.25) is 0 Å². The second-order valence-corrected chi connectivity index (χ2v) is 4.96. The van der Waals surface area contributed by atoms with Gasteiger partial charge in [-0.2, -0.15) is 4.98 Å². The van der Waals surface area contributed by atoms with E-state index in [2.05, 4.69) is 10.1 Å². The minimum atomic E-state index is -0.462. The first-order chi connectivity index (χ1) is 9.13. The lowest BCUT2D eigenvalue weighted by Gasteiger charge is -2.11. The first-order valence-corrected chi connectivity index (χ1v) is 6.40. The van der Waals surface area contributed by atoms with Crippen molar-refractivity contribution >= 4 is 0 Å². The fraction of sp³-hybridized carbons (Fsp3) is 0.429. The number of aromatic nitrogens is 2. The second-order valence-electron chi connectivity index (χ2n) is 4.96. The highest BCUT2D eigenvalue weighted by molar-refractivity contribution is 5.29. The molecule has 19 heavy (non-hydrogen) atoms. The molecule has 0 bridgehead atoms. The smallest absolute Gasteiger partial charge is 0.267 e. The molecule has 1 aromatic carbocycles. The van der Waals surface area contributed by atoms with Crippen LogP contribution in [-0.2, 0) is 0 Å². The number of nitrogens with zero attached hydrogens (tertiary/aromatic N) is 2. The third-order valence-corrected chi connectivity index (χ3v) is 3.14. The molecule has 0 aliphatic heterocycles. The van der Waals surface area contributed by atoms with Crippen LogP contribution in [0.2, 0.25) is 0 Å². The average molecular weight is 262 g/mol. The first kappa shape index (κ1) is 12.1. The van der Waals surface area contributed by atoms with Crippen LogP contribution in [0.1, 0.15) is 49.1 Å². The Labute approximate surface area is 110 Å². The molecule has 1 aliphatic carbocycles. The van der Waals surface area contributed by atoms with E-state index in [1.807, 2.05) is 6.92 Å². The Morgan fingerprint density at radius 1 is 1.42 bits per heavy atom. The molecule has 0 N–H and O–H groups in total. The largest absolute Gasteiger partial charge is 0.478 e. The van der Waals surface area contributed by atoms with Crippen molar-refractivity contribution < 1.29 is 13.7 Å². The molecule has 4 nitrogen and oxygen atoms in total. The van der Waals surface area contributed by atoms with Gasteiger partial charge in [0.1, 0.15) is 0 Å². The van der Waals surface area contributed by atoms with Crippen molar-refractivity contribution in [2.24, 2.45) is 0 Å². The summed E-state index contributed by atoms with van der Waals surface area (Å²) in [5.41, 5.74) is 0.938. The van der Waals surface area contributed by atoms with Crippen molar-refractivity contribution in [3.63, 3.8) is 0 Å². The third kappa shape index (κ3) is 2.59. The molecule has 100 valence electrons. The summed E-state index contributed by atoms with van der Waals surface area (Å²) >= 11 is 0. The molecule has 0 unspecified atom stereocenters. The molecule has 1 fully saturated rings. The van der Waals surface area contributed by atoms with E-state index < -0.39 is 6.10 Å². The Kier molecular flexibility index (Phi) is 2.97. The quantitative estimate of drug-likeness (QED) is 0.845. The summed E-state index contributed by atoms with van der Waals surface area (Å²) in [6.45, 7) is 3.65. The highest BCUT2D eigenvalue weighted by atomic mass is 19.1. The third-order valence-electron chi connectivity index (χ3n) is 3.14. The Balaban J connectivity index is 1.75. The van der Waals surface area contributed by atoms with Crippen molar-refractivity contribution in [2.45, 2.75) is 38.7 Å². The summed E-state index contributed by atoms with van der Waals surface area (Å²) in [6, 6.07) is 4.75. The summed E-state index contributed by atoms with van der Waals surface area (Å²) in [5.74, 6) is 1.37. The zero-order valence-corrected chi connectivity index (χ0v) is 10.9. The van der Waals surface area contributed by atoms with Crippen LogP contribution < -0.4 is 4.74 Å². The maximum absolute atomic E-state index is 13.6. The van der Waals surface area contributed by atoms with Gasteiger partial charge in [-0.05, 0) is 44.4 Å². The van der Waals surface area contributed by atoms with Crippen LogP contribution in [0.15, 0.2) is 22.7 Å². The second kappa shape index (κ2) is 4.64. The number of rotatable bonds is 4. The molecule has 1 atom stereocenters. The lowest BCUT2D eigenvalue weighted by molar-refractivity contribution is 0.169. The molecule has 0 saturated heterocycles. The van der Waals surface area contributed by atoms with Crippen LogP contribution in [0.4, 0.5) is 4.39 Å². The summed E-state index contributed by atoms with van der Waals surface area (Å²) in [7, 11) is 0. The molecule has 5 heteroatoms. The fourth-order valence-corrected chi connectivity index (χ4v) is 1.86. The molecule has 2 aromatic rings. The molecule has 1 aromatic heterocycles. The number of aryl methyl sites for hydroxylation is 1. The number of hydrogen-bond donors (Lipinski definition) is 0. The highest BCUT2D eigenvalue weighted by Gasteiger charge is 2.30. The van der Waals surface area contributed by atoms with Gasteiger partial charge >= 0.3 is 0 Å². The Hall–Kier alpha value is -1.91. The minimum absolute atomic E-state index is 0.207. The predicted octanol–water partition coefficient (Wildman–Crippen LogP) is 3.53.